The fraction of sp³-hybridized carbons (Fsp3) is 0. The number of amides is 1. The van der Waals surface area contributed by atoms with Crippen molar-refractivity contribution in [2.75, 3.05) is 0 Å². The highest BCUT2D eigenvalue weighted by Gasteiger charge is 2.19. The Morgan fingerprint density at radius 2 is 2.08 bits per heavy atom. The van der Waals surface area contributed by atoms with Crippen molar-refractivity contribution in [1.82, 2.24) is 0 Å². The van der Waals surface area contributed by atoms with Gasteiger partial charge in [-0.05, 0) is 22.0 Å². The van der Waals surface area contributed by atoms with Gasteiger partial charge in [0.05, 0.1) is 15.1 Å². The Kier molecular flexibility index (Phi) is 2.87. The lowest BCUT2D eigenvalue weighted by Crippen LogP contribution is -2.14. The van der Waals surface area contributed by atoms with E-state index in [4.69, 9.17) is 17.3 Å². The summed E-state index contributed by atoms with van der Waals surface area (Å²) in [5.41, 5.74) is 4.28. The molecule has 0 saturated heterocycles. The van der Waals surface area contributed by atoms with Crippen molar-refractivity contribution < 1.29 is 13.6 Å². The standard InChI is InChI=1S/C7H3BrClF2NO/c8-5-4(7(12)13)3(10)1-2(9)6(5)11/h1H,(H2,12,13). The number of nitrogens with two attached hydrogens (primary N) is 1. The topological polar surface area (TPSA) is 43.1 Å². The summed E-state index contributed by atoms with van der Waals surface area (Å²) < 4.78 is 25.6. The van der Waals surface area contributed by atoms with Crippen molar-refractivity contribution >= 4 is 33.4 Å². The van der Waals surface area contributed by atoms with Crippen LogP contribution in [0.4, 0.5) is 8.78 Å². The smallest absolute Gasteiger partial charge is 0.252 e. The molecule has 1 amide bonds. The highest BCUT2D eigenvalue weighted by atomic mass is 79.9. The van der Waals surface area contributed by atoms with E-state index in [-0.39, 0.29) is 4.47 Å². The zero-order valence-corrected chi connectivity index (χ0v) is 8.42. The third-order valence-electron chi connectivity index (χ3n) is 1.36. The summed E-state index contributed by atoms with van der Waals surface area (Å²) in [7, 11) is 0. The number of rotatable bonds is 1. The Morgan fingerprint density at radius 3 is 2.54 bits per heavy atom. The Hall–Kier alpha value is -0.680. The van der Waals surface area contributed by atoms with Crippen molar-refractivity contribution in [2.24, 2.45) is 5.73 Å². The Bertz CT molecular complexity index is 383. The van der Waals surface area contributed by atoms with Gasteiger partial charge in [0.25, 0.3) is 5.91 Å². The molecule has 13 heavy (non-hydrogen) atoms. The van der Waals surface area contributed by atoms with Crippen LogP contribution in [-0.2, 0) is 0 Å². The van der Waals surface area contributed by atoms with Crippen LogP contribution in [0, 0.1) is 11.6 Å². The van der Waals surface area contributed by atoms with Crippen LogP contribution in [0.2, 0.25) is 5.02 Å². The van der Waals surface area contributed by atoms with Crippen molar-refractivity contribution in [3.8, 4) is 0 Å². The first-order chi connectivity index (χ1) is 5.95. The molecule has 0 atom stereocenters. The number of hydrogen-bond acceptors (Lipinski definition) is 1. The molecule has 1 rings (SSSR count). The van der Waals surface area contributed by atoms with E-state index in [1.54, 1.807) is 0 Å². The van der Waals surface area contributed by atoms with Crippen molar-refractivity contribution in [3.63, 3.8) is 0 Å². The normalized spacial score (nSPS) is 10.2. The van der Waals surface area contributed by atoms with E-state index in [1.165, 1.54) is 0 Å². The maximum Gasteiger partial charge on any atom is 0.252 e. The molecule has 1 aromatic rings. The maximum atomic E-state index is 13.0. The van der Waals surface area contributed by atoms with E-state index in [9.17, 15) is 13.6 Å². The Balaban J connectivity index is 3.53. The molecule has 0 fully saturated rings. The van der Waals surface area contributed by atoms with Gasteiger partial charge in [-0.2, -0.15) is 0 Å². The molecule has 6 heteroatoms. The molecule has 2 N–H and O–H groups in total. The van der Waals surface area contributed by atoms with Gasteiger partial charge in [0.15, 0.2) is 5.82 Å². The van der Waals surface area contributed by atoms with Crippen LogP contribution in [0.3, 0.4) is 0 Å². The molecule has 0 aliphatic carbocycles. The largest absolute Gasteiger partial charge is 0.365 e. The molecule has 2 nitrogen and oxygen atoms in total. The highest BCUT2D eigenvalue weighted by Crippen LogP contribution is 2.28. The predicted octanol–water partition coefficient (Wildman–Crippen LogP) is 2.48. The Morgan fingerprint density at radius 1 is 1.54 bits per heavy atom. The van der Waals surface area contributed by atoms with Crippen LogP contribution >= 0.6 is 27.5 Å². The quantitative estimate of drug-likeness (QED) is 0.618. The van der Waals surface area contributed by atoms with Crippen LogP contribution in [-0.4, -0.2) is 5.91 Å². The van der Waals surface area contributed by atoms with Crippen molar-refractivity contribution in [2.45, 2.75) is 0 Å². The summed E-state index contributed by atoms with van der Waals surface area (Å²) in [6, 6.07) is 0.696. The second kappa shape index (κ2) is 3.59. The molecule has 0 saturated carbocycles. The number of hydrogen-bond donors (Lipinski definition) is 1. The first-order valence-corrected chi connectivity index (χ1v) is 4.25. The molecule has 0 aliphatic heterocycles. The second-order valence-corrected chi connectivity index (χ2v) is 3.41. The van der Waals surface area contributed by atoms with Crippen LogP contribution in [0.1, 0.15) is 10.4 Å². The zero-order valence-electron chi connectivity index (χ0n) is 6.07. The van der Waals surface area contributed by atoms with Gasteiger partial charge in [-0.15, -0.1) is 0 Å². The maximum absolute atomic E-state index is 13.0. The molecule has 0 aromatic heterocycles. The van der Waals surface area contributed by atoms with E-state index in [0.29, 0.717) is 6.07 Å². The van der Waals surface area contributed by atoms with Gasteiger partial charge < -0.3 is 5.73 Å². The Labute approximate surface area is 85.8 Å². The predicted molar refractivity (Wildman–Crippen MR) is 47.6 cm³/mol. The summed E-state index contributed by atoms with van der Waals surface area (Å²) in [6.07, 6.45) is 0. The summed E-state index contributed by atoms with van der Waals surface area (Å²) >= 11 is 7.98. The minimum atomic E-state index is -1.06. The van der Waals surface area contributed by atoms with Crippen LogP contribution in [0.25, 0.3) is 0 Å². The van der Waals surface area contributed by atoms with Gasteiger partial charge in [0.2, 0.25) is 0 Å². The number of carbonyl (C=O) groups is 1. The molecular formula is C7H3BrClF2NO. The lowest BCUT2D eigenvalue weighted by Gasteiger charge is -2.04. The van der Waals surface area contributed by atoms with Crippen LogP contribution < -0.4 is 5.73 Å². The molecule has 70 valence electrons. The van der Waals surface area contributed by atoms with Gasteiger partial charge in [-0.1, -0.05) is 11.6 Å². The van der Waals surface area contributed by atoms with Gasteiger partial charge in [0.1, 0.15) is 5.82 Å². The lowest BCUT2D eigenvalue weighted by molar-refractivity contribution is 0.0995. The van der Waals surface area contributed by atoms with E-state index in [2.05, 4.69) is 15.9 Å². The minimum absolute atomic E-state index is 0.356. The number of halogens is 4. The highest BCUT2D eigenvalue weighted by molar-refractivity contribution is 9.10. The van der Waals surface area contributed by atoms with E-state index in [0.717, 1.165) is 0 Å². The van der Waals surface area contributed by atoms with Gasteiger partial charge in [-0.25, -0.2) is 8.78 Å². The third kappa shape index (κ3) is 1.81. The summed E-state index contributed by atoms with van der Waals surface area (Å²) in [5.74, 6) is -2.91. The SMILES string of the molecule is NC(=O)c1c(F)cc(Cl)c(F)c1Br. The molecule has 0 unspecified atom stereocenters. The van der Waals surface area contributed by atoms with Crippen LogP contribution in [0.15, 0.2) is 10.5 Å². The fourth-order valence-electron chi connectivity index (χ4n) is 0.792. The molecule has 0 aliphatic rings. The number of primary amides is 1. The van der Waals surface area contributed by atoms with Crippen molar-refractivity contribution in [1.29, 1.82) is 0 Å². The molecule has 1 aromatic carbocycles. The summed E-state index contributed by atoms with van der Waals surface area (Å²) in [4.78, 5) is 10.6. The molecule has 0 radical (unpaired) electrons. The number of carbonyl (C=O) groups excluding carboxylic acids is 1. The number of benzene rings is 1. The van der Waals surface area contributed by atoms with E-state index in [1.807, 2.05) is 0 Å². The lowest BCUT2D eigenvalue weighted by atomic mass is 10.2. The molecule has 0 heterocycles. The average Bonchev–Trinajstić information content (AvgIpc) is 1.99. The average molecular weight is 270 g/mol. The van der Waals surface area contributed by atoms with Crippen molar-refractivity contribution in [3.05, 3.63) is 32.8 Å². The first-order valence-electron chi connectivity index (χ1n) is 3.08. The van der Waals surface area contributed by atoms with E-state index >= 15 is 0 Å². The first kappa shape index (κ1) is 10.4. The minimum Gasteiger partial charge on any atom is -0.365 e. The zero-order chi connectivity index (χ0) is 10.2. The third-order valence-corrected chi connectivity index (χ3v) is 2.38. The molecule has 0 bridgehead atoms. The summed E-state index contributed by atoms with van der Waals surface area (Å²) in [5, 5.41) is -0.408. The summed E-state index contributed by atoms with van der Waals surface area (Å²) in [6.45, 7) is 0. The monoisotopic (exact) mass is 269 g/mol. The van der Waals surface area contributed by atoms with E-state index < -0.39 is 28.1 Å². The van der Waals surface area contributed by atoms with Gasteiger partial charge in [-0.3, -0.25) is 4.79 Å². The van der Waals surface area contributed by atoms with Gasteiger partial charge >= 0.3 is 0 Å². The van der Waals surface area contributed by atoms with Gasteiger partial charge in [0, 0.05) is 0 Å². The van der Waals surface area contributed by atoms with Crippen LogP contribution in [0.5, 0.6) is 0 Å². The second-order valence-electron chi connectivity index (χ2n) is 2.21. The fourth-order valence-corrected chi connectivity index (χ4v) is 1.69. The molecule has 0 spiro atoms. The molecular weight excluding hydrogens is 267 g/mol.